The van der Waals surface area contributed by atoms with Gasteiger partial charge in [-0.05, 0) is 45.0 Å². The van der Waals surface area contributed by atoms with Crippen LogP contribution in [0.3, 0.4) is 0 Å². The van der Waals surface area contributed by atoms with Crippen molar-refractivity contribution >= 4 is 5.97 Å². The van der Waals surface area contributed by atoms with E-state index in [0.717, 1.165) is 11.3 Å². The summed E-state index contributed by atoms with van der Waals surface area (Å²) >= 11 is 0. The van der Waals surface area contributed by atoms with Crippen molar-refractivity contribution < 1.29 is 13.9 Å². The Hall–Kier alpha value is -2.17. The van der Waals surface area contributed by atoms with Crippen LogP contribution >= 0.6 is 0 Å². The van der Waals surface area contributed by atoms with Crippen molar-refractivity contribution in [1.29, 1.82) is 0 Å². The van der Waals surface area contributed by atoms with E-state index in [1.165, 1.54) is 16.8 Å². The normalized spacial score (nSPS) is 10.5. The van der Waals surface area contributed by atoms with E-state index in [2.05, 4.69) is 5.10 Å². The smallest absolute Gasteiger partial charge is 0.357 e. The predicted molar refractivity (Wildman–Crippen MR) is 69.0 cm³/mol. The van der Waals surface area contributed by atoms with Crippen molar-refractivity contribution in [3.63, 3.8) is 0 Å². The number of rotatable bonds is 3. The molecule has 0 unspecified atom stereocenters. The van der Waals surface area contributed by atoms with Gasteiger partial charge in [-0.1, -0.05) is 0 Å². The maximum Gasteiger partial charge on any atom is 0.357 e. The number of ether oxygens (including phenoxy) is 1. The second-order valence-electron chi connectivity index (χ2n) is 4.17. The first-order valence-corrected chi connectivity index (χ1v) is 6.04. The van der Waals surface area contributed by atoms with Crippen molar-refractivity contribution in [1.82, 2.24) is 9.78 Å². The molecule has 0 N–H and O–H groups in total. The number of nitrogens with zero attached hydrogens (tertiary/aromatic N) is 2. The number of carbonyl (C=O) groups is 1. The summed E-state index contributed by atoms with van der Waals surface area (Å²) in [6, 6.07) is 5.81. The summed E-state index contributed by atoms with van der Waals surface area (Å²) in [7, 11) is 0. The van der Waals surface area contributed by atoms with E-state index in [9.17, 15) is 9.18 Å². The molecule has 0 bridgehead atoms. The molecule has 0 aliphatic heterocycles. The van der Waals surface area contributed by atoms with Crippen molar-refractivity contribution in [2.75, 3.05) is 6.61 Å². The largest absolute Gasteiger partial charge is 0.461 e. The Balaban J connectivity index is 2.54. The predicted octanol–water partition coefficient (Wildman–Crippen LogP) is 2.80. The molecule has 100 valence electrons. The van der Waals surface area contributed by atoms with Crippen LogP contribution in [0.5, 0.6) is 0 Å². The van der Waals surface area contributed by atoms with Gasteiger partial charge in [-0.25, -0.2) is 13.9 Å². The number of benzene rings is 1. The summed E-state index contributed by atoms with van der Waals surface area (Å²) in [5.41, 5.74) is 2.52. The molecule has 2 aromatic rings. The second kappa shape index (κ2) is 5.22. The molecule has 2 rings (SSSR count). The Kier molecular flexibility index (Phi) is 3.64. The van der Waals surface area contributed by atoms with Gasteiger partial charge >= 0.3 is 5.97 Å². The zero-order valence-electron chi connectivity index (χ0n) is 11.1. The maximum atomic E-state index is 12.9. The lowest BCUT2D eigenvalue weighted by molar-refractivity contribution is 0.0515. The van der Waals surface area contributed by atoms with Crippen LogP contribution in [0.4, 0.5) is 4.39 Å². The van der Waals surface area contributed by atoms with Crippen molar-refractivity contribution in [3.8, 4) is 5.69 Å². The first-order valence-electron chi connectivity index (χ1n) is 6.04. The molecule has 0 fully saturated rings. The third-order valence-corrected chi connectivity index (χ3v) is 2.90. The van der Waals surface area contributed by atoms with E-state index >= 15 is 0 Å². The van der Waals surface area contributed by atoms with Crippen molar-refractivity contribution in [3.05, 3.63) is 47.0 Å². The third-order valence-electron chi connectivity index (χ3n) is 2.90. The molecule has 0 radical (unpaired) electrons. The summed E-state index contributed by atoms with van der Waals surface area (Å²) < 4.78 is 19.5. The van der Waals surface area contributed by atoms with Crippen molar-refractivity contribution in [2.24, 2.45) is 0 Å². The lowest BCUT2D eigenvalue weighted by atomic mass is 10.2. The van der Waals surface area contributed by atoms with E-state index in [4.69, 9.17) is 4.74 Å². The SMILES string of the molecule is CCOC(=O)c1c(C)c(C)nn1-c1ccc(F)cc1. The molecule has 0 aliphatic rings. The van der Waals surface area contributed by atoms with E-state index in [-0.39, 0.29) is 5.82 Å². The first-order chi connectivity index (χ1) is 9.04. The monoisotopic (exact) mass is 262 g/mol. The lowest BCUT2D eigenvalue weighted by Crippen LogP contribution is -2.13. The Labute approximate surface area is 110 Å². The van der Waals surface area contributed by atoms with Crippen LogP contribution in [0, 0.1) is 19.7 Å². The van der Waals surface area contributed by atoms with Crippen LogP contribution in [0.15, 0.2) is 24.3 Å². The maximum absolute atomic E-state index is 12.9. The molecule has 0 atom stereocenters. The summed E-state index contributed by atoms with van der Waals surface area (Å²) in [5.74, 6) is -0.757. The molecule has 0 spiro atoms. The highest BCUT2D eigenvalue weighted by atomic mass is 19.1. The molecule has 1 aromatic carbocycles. The summed E-state index contributed by atoms with van der Waals surface area (Å²) in [4.78, 5) is 12.0. The Morgan fingerprint density at radius 1 is 1.32 bits per heavy atom. The summed E-state index contributed by atoms with van der Waals surface area (Å²) in [6.45, 7) is 5.68. The molecular formula is C14H15FN2O2. The van der Waals surface area contributed by atoms with Gasteiger partial charge in [0.25, 0.3) is 0 Å². The van der Waals surface area contributed by atoms with Gasteiger partial charge in [0, 0.05) is 5.56 Å². The minimum atomic E-state index is -0.426. The zero-order chi connectivity index (χ0) is 14.0. The summed E-state index contributed by atoms with van der Waals surface area (Å²) in [5, 5.41) is 4.31. The third kappa shape index (κ3) is 2.50. The molecule has 0 saturated heterocycles. The van der Waals surface area contributed by atoms with E-state index in [1.807, 2.05) is 13.8 Å². The highest BCUT2D eigenvalue weighted by molar-refractivity contribution is 5.90. The number of halogens is 1. The number of esters is 1. The Bertz CT molecular complexity index is 603. The Morgan fingerprint density at radius 3 is 2.53 bits per heavy atom. The van der Waals surface area contributed by atoms with Gasteiger partial charge in [0.1, 0.15) is 5.82 Å². The van der Waals surface area contributed by atoms with Crippen LogP contribution in [0.1, 0.15) is 28.7 Å². The number of aromatic nitrogens is 2. The van der Waals surface area contributed by atoms with Gasteiger partial charge in [-0.15, -0.1) is 0 Å². The number of hydrogen-bond donors (Lipinski definition) is 0. The van der Waals surface area contributed by atoms with Crippen LogP contribution in [-0.4, -0.2) is 22.4 Å². The number of carbonyl (C=O) groups excluding carboxylic acids is 1. The van der Waals surface area contributed by atoms with Crippen LogP contribution in [-0.2, 0) is 4.74 Å². The average Bonchev–Trinajstić information content (AvgIpc) is 2.67. The van der Waals surface area contributed by atoms with Crippen LogP contribution in [0.2, 0.25) is 0 Å². The number of aryl methyl sites for hydroxylation is 1. The fourth-order valence-electron chi connectivity index (χ4n) is 1.81. The molecule has 0 amide bonds. The van der Waals surface area contributed by atoms with Gasteiger partial charge in [0.05, 0.1) is 18.0 Å². The summed E-state index contributed by atoms with van der Waals surface area (Å²) in [6.07, 6.45) is 0. The van der Waals surface area contributed by atoms with E-state index < -0.39 is 5.97 Å². The highest BCUT2D eigenvalue weighted by Crippen LogP contribution is 2.19. The fraction of sp³-hybridized carbons (Fsp3) is 0.286. The van der Waals surface area contributed by atoms with Crippen LogP contribution in [0.25, 0.3) is 5.69 Å². The molecule has 1 heterocycles. The molecule has 1 aromatic heterocycles. The second-order valence-corrected chi connectivity index (χ2v) is 4.17. The molecular weight excluding hydrogens is 247 g/mol. The van der Waals surface area contributed by atoms with Crippen molar-refractivity contribution in [2.45, 2.75) is 20.8 Å². The minimum absolute atomic E-state index is 0.298. The van der Waals surface area contributed by atoms with Gasteiger partial charge in [-0.2, -0.15) is 5.10 Å². The highest BCUT2D eigenvalue weighted by Gasteiger charge is 2.20. The van der Waals surface area contributed by atoms with Gasteiger partial charge in [0.15, 0.2) is 5.69 Å². The molecule has 5 heteroatoms. The quantitative estimate of drug-likeness (QED) is 0.799. The zero-order valence-corrected chi connectivity index (χ0v) is 11.1. The molecule has 0 aliphatic carbocycles. The van der Waals surface area contributed by atoms with Gasteiger partial charge in [0.2, 0.25) is 0 Å². The van der Waals surface area contributed by atoms with Gasteiger partial charge < -0.3 is 4.74 Å². The van der Waals surface area contributed by atoms with E-state index in [1.54, 1.807) is 19.1 Å². The molecule has 4 nitrogen and oxygen atoms in total. The fourth-order valence-corrected chi connectivity index (χ4v) is 1.81. The standard InChI is InChI=1S/C14H15FN2O2/c1-4-19-14(18)13-9(2)10(3)16-17(13)12-7-5-11(15)6-8-12/h5-8H,4H2,1-3H3. The average molecular weight is 262 g/mol. The Morgan fingerprint density at radius 2 is 1.95 bits per heavy atom. The molecule has 19 heavy (non-hydrogen) atoms. The lowest BCUT2D eigenvalue weighted by Gasteiger charge is -2.07. The van der Waals surface area contributed by atoms with Crippen LogP contribution < -0.4 is 0 Å². The molecule has 0 saturated carbocycles. The minimum Gasteiger partial charge on any atom is -0.461 e. The topological polar surface area (TPSA) is 44.1 Å². The number of hydrogen-bond acceptors (Lipinski definition) is 3. The van der Waals surface area contributed by atoms with Gasteiger partial charge in [-0.3, -0.25) is 0 Å². The van der Waals surface area contributed by atoms with E-state index in [0.29, 0.717) is 18.0 Å². The first kappa shape index (κ1) is 13.3.